The van der Waals surface area contributed by atoms with E-state index in [1.807, 2.05) is 6.92 Å². The Morgan fingerprint density at radius 3 is 2.89 bits per heavy atom. The van der Waals surface area contributed by atoms with Gasteiger partial charge in [-0.05, 0) is 35.3 Å². The lowest BCUT2D eigenvalue weighted by atomic mass is 10.3. The molecule has 0 aromatic carbocycles. The average Bonchev–Trinajstić information content (AvgIpc) is 2.33. The number of carbonyl (C=O) groups excluding carboxylic acids is 1. The Labute approximate surface area is 114 Å². The zero-order valence-electron chi connectivity index (χ0n) is 10.7. The van der Waals surface area contributed by atoms with Gasteiger partial charge in [0.15, 0.2) is 5.82 Å². The number of carbonyl (C=O) groups is 1. The van der Waals surface area contributed by atoms with E-state index in [-0.39, 0.29) is 11.4 Å². The van der Waals surface area contributed by atoms with Gasteiger partial charge in [0.2, 0.25) is 0 Å². The third kappa shape index (κ3) is 3.66. The quantitative estimate of drug-likeness (QED) is 0.628. The largest absolute Gasteiger partial charge is 0.449 e. The van der Waals surface area contributed by atoms with E-state index in [9.17, 15) is 9.18 Å². The van der Waals surface area contributed by atoms with Crippen molar-refractivity contribution in [3.05, 3.63) is 22.2 Å². The van der Waals surface area contributed by atoms with E-state index in [4.69, 9.17) is 4.74 Å². The molecule has 0 atom stereocenters. The van der Waals surface area contributed by atoms with E-state index in [1.165, 1.54) is 13.1 Å². The van der Waals surface area contributed by atoms with Crippen molar-refractivity contribution in [2.45, 2.75) is 26.7 Å². The van der Waals surface area contributed by atoms with Gasteiger partial charge in [-0.1, -0.05) is 13.3 Å². The van der Waals surface area contributed by atoms with Gasteiger partial charge in [-0.2, -0.15) is 0 Å². The van der Waals surface area contributed by atoms with Crippen molar-refractivity contribution in [1.29, 1.82) is 0 Å². The Kier molecular flexibility index (Phi) is 5.53. The summed E-state index contributed by atoms with van der Waals surface area (Å²) in [5.41, 5.74) is 0.378. The lowest BCUT2D eigenvalue weighted by molar-refractivity contribution is 0.153. The fourth-order valence-electron chi connectivity index (χ4n) is 1.35. The van der Waals surface area contributed by atoms with Crippen LogP contribution >= 0.6 is 15.9 Å². The lowest BCUT2D eigenvalue weighted by Gasteiger charge is -2.18. The summed E-state index contributed by atoms with van der Waals surface area (Å²) in [6, 6.07) is 1.45. The Morgan fingerprint density at radius 1 is 1.61 bits per heavy atom. The Morgan fingerprint density at radius 2 is 2.28 bits per heavy atom. The molecule has 0 radical (unpaired) electrons. The second-order valence-electron chi connectivity index (χ2n) is 3.89. The molecule has 0 aliphatic heterocycles. The molecule has 4 nitrogen and oxygen atoms in total. The molecule has 0 aliphatic carbocycles. The van der Waals surface area contributed by atoms with Gasteiger partial charge < -0.3 is 4.74 Å². The van der Waals surface area contributed by atoms with Crippen molar-refractivity contribution in [1.82, 2.24) is 4.98 Å². The molecule has 100 valence electrons. The molecule has 1 aromatic rings. The predicted octanol–water partition coefficient (Wildman–Crippen LogP) is 3.66. The van der Waals surface area contributed by atoms with Gasteiger partial charge in [0, 0.05) is 7.05 Å². The van der Waals surface area contributed by atoms with Gasteiger partial charge in [-0.15, -0.1) is 0 Å². The molecule has 1 aromatic heterocycles. The maximum absolute atomic E-state index is 13.8. The molecule has 0 bridgehead atoms. The van der Waals surface area contributed by atoms with Crippen molar-refractivity contribution in [2.75, 3.05) is 18.6 Å². The van der Waals surface area contributed by atoms with Gasteiger partial charge >= 0.3 is 6.09 Å². The number of hydrogen-bond donors (Lipinski definition) is 0. The summed E-state index contributed by atoms with van der Waals surface area (Å²) in [4.78, 5) is 16.8. The first-order valence-electron chi connectivity index (χ1n) is 5.70. The molecule has 0 fully saturated rings. The zero-order valence-corrected chi connectivity index (χ0v) is 12.3. The highest BCUT2D eigenvalue weighted by Crippen LogP contribution is 2.24. The van der Waals surface area contributed by atoms with Crippen LogP contribution in [0.5, 0.6) is 0 Å². The van der Waals surface area contributed by atoms with E-state index >= 15 is 0 Å². The van der Waals surface area contributed by atoms with E-state index < -0.39 is 11.9 Å². The highest BCUT2D eigenvalue weighted by molar-refractivity contribution is 9.10. The second-order valence-corrected chi connectivity index (χ2v) is 4.70. The number of aromatic nitrogens is 1. The predicted molar refractivity (Wildman–Crippen MR) is 71.3 cm³/mol. The second kappa shape index (κ2) is 6.68. The number of nitrogens with zero attached hydrogens (tertiary/aromatic N) is 2. The summed E-state index contributed by atoms with van der Waals surface area (Å²) in [7, 11) is 1.47. The first-order valence-corrected chi connectivity index (χ1v) is 6.49. The number of anilines is 1. The minimum atomic E-state index is -0.570. The number of rotatable bonds is 4. The minimum absolute atomic E-state index is 0.149. The van der Waals surface area contributed by atoms with E-state index in [0.29, 0.717) is 11.2 Å². The summed E-state index contributed by atoms with van der Waals surface area (Å²) in [5.74, 6) is -0.520. The molecular formula is C12H16BrFN2O2. The van der Waals surface area contributed by atoms with Crippen molar-refractivity contribution >= 4 is 27.7 Å². The van der Waals surface area contributed by atoms with Gasteiger partial charge in [0.1, 0.15) is 4.60 Å². The normalized spacial score (nSPS) is 10.3. The monoisotopic (exact) mass is 318 g/mol. The van der Waals surface area contributed by atoms with Crippen LogP contribution < -0.4 is 4.90 Å². The Bertz CT molecular complexity index is 440. The van der Waals surface area contributed by atoms with E-state index in [0.717, 1.165) is 17.7 Å². The zero-order chi connectivity index (χ0) is 13.7. The first-order chi connectivity index (χ1) is 8.47. The first kappa shape index (κ1) is 14.9. The molecule has 1 rings (SSSR count). The smallest absolute Gasteiger partial charge is 0.414 e. The van der Waals surface area contributed by atoms with E-state index in [2.05, 4.69) is 20.9 Å². The number of halogens is 2. The van der Waals surface area contributed by atoms with Crippen molar-refractivity contribution in [2.24, 2.45) is 0 Å². The lowest BCUT2D eigenvalue weighted by Crippen LogP contribution is -2.28. The van der Waals surface area contributed by atoms with Crippen molar-refractivity contribution in [3.63, 3.8) is 0 Å². The maximum atomic E-state index is 13.8. The number of hydrogen-bond acceptors (Lipinski definition) is 3. The molecule has 0 spiro atoms. The third-order valence-electron chi connectivity index (χ3n) is 2.43. The molecule has 0 N–H and O–H groups in total. The molecule has 0 unspecified atom stereocenters. The fraction of sp³-hybridized carbons (Fsp3) is 0.500. The molecule has 0 saturated heterocycles. The number of amides is 1. The standard InChI is InChI=1S/C12H16BrFN2O2/c1-4-5-6-18-12(17)16(3)9-7-10(13)15-8(2)11(9)14/h7H,4-6H2,1-3H3. The third-order valence-corrected chi connectivity index (χ3v) is 2.84. The van der Waals surface area contributed by atoms with Crippen LogP contribution in [0, 0.1) is 12.7 Å². The van der Waals surface area contributed by atoms with Crippen LogP contribution in [-0.2, 0) is 4.74 Å². The van der Waals surface area contributed by atoms with Crippen LogP contribution in [0.25, 0.3) is 0 Å². The Balaban J connectivity index is 2.83. The van der Waals surface area contributed by atoms with Crippen LogP contribution in [0.2, 0.25) is 0 Å². The van der Waals surface area contributed by atoms with Crippen molar-refractivity contribution in [3.8, 4) is 0 Å². The maximum Gasteiger partial charge on any atom is 0.414 e. The highest BCUT2D eigenvalue weighted by atomic mass is 79.9. The summed E-state index contributed by atoms with van der Waals surface area (Å²) in [6.07, 6.45) is 1.16. The van der Waals surface area contributed by atoms with E-state index in [1.54, 1.807) is 6.92 Å². The van der Waals surface area contributed by atoms with Gasteiger partial charge in [-0.3, -0.25) is 4.90 Å². The van der Waals surface area contributed by atoms with Crippen LogP contribution in [0.15, 0.2) is 10.7 Å². The highest BCUT2D eigenvalue weighted by Gasteiger charge is 2.18. The molecule has 0 saturated carbocycles. The van der Waals surface area contributed by atoms with Gasteiger partial charge in [0.25, 0.3) is 0 Å². The Hall–Kier alpha value is -1.17. The number of aryl methyl sites for hydroxylation is 1. The van der Waals surface area contributed by atoms with Crippen LogP contribution in [0.3, 0.4) is 0 Å². The molecular weight excluding hydrogens is 303 g/mol. The van der Waals surface area contributed by atoms with Gasteiger partial charge in [0.05, 0.1) is 18.0 Å². The summed E-state index contributed by atoms with van der Waals surface area (Å²) >= 11 is 3.17. The fourth-order valence-corrected chi connectivity index (χ4v) is 1.83. The minimum Gasteiger partial charge on any atom is -0.449 e. The van der Waals surface area contributed by atoms with Crippen LogP contribution in [0.1, 0.15) is 25.5 Å². The summed E-state index contributed by atoms with van der Waals surface area (Å²) in [6.45, 7) is 3.88. The molecule has 6 heteroatoms. The molecule has 1 amide bonds. The number of pyridine rings is 1. The SMILES string of the molecule is CCCCOC(=O)N(C)c1cc(Br)nc(C)c1F. The molecule has 18 heavy (non-hydrogen) atoms. The number of unbranched alkanes of at least 4 members (excludes halogenated alkanes) is 1. The van der Waals surface area contributed by atoms with Crippen LogP contribution in [0.4, 0.5) is 14.9 Å². The van der Waals surface area contributed by atoms with Gasteiger partial charge in [-0.25, -0.2) is 14.2 Å². The summed E-state index contributed by atoms with van der Waals surface area (Å²) in [5, 5.41) is 0. The topological polar surface area (TPSA) is 42.4 Å². The average molecular weight is 319 g/mol. The summed E-state index contributed by atoms with van der Waals surface area (Å²) < 4.78 is 19.3. The number of ether oxygens (including phenoxy) is 1. The van der Waals surface area contributed by atoms with Crippen LogP contribution in [-0.4, -0.2) is 24.7 Å². The van der Waals surface area contributed by atoms with Crippen molar-refractivity contribution < 1.29 is 13.9 Å². The molecule has 0 aliphatic rings. The molecule has 1 heterocycles.